The lowest BCUT2D eigenvalue weighted by Crippen LogP contribution is -2.36. The summed E-state index contributed by atoms with van der Waals surface area (Å²) < 4.78 is 26.8. The number of nitrogens with two attached hydrogens (primary N) is 1. The largest absolute Gasteiger partial charge is 0.398 e. The third kappa shape index (κ3) is 2.91. The van der Waals surface area contributed by atoms with Gasteiger partial charge in [0.1, 0.15) is 4.90 Å². The predicted molar refractivity (Wildman–Crippen MR) is 74.1 cm³/mol. The first-order valence-electron chi connectivity index (χ1n) is 6.54. The minimum atomic E-state index is -3.52. The Kier molecular flexibility index (Phi) is 4.44. The van der Waals surface area contributed by atoms with E-state index in [4.69, 9.17) is 10.8 Å². The van der Waals surface area contributed by atoms with Gasteiger partial charge in [0.15, 0.2) is 0 Å². The van der Waals surface area contributed by atoms with Gasteiger partial charge in [0.05, 0.1) is 5.69 Å². The number of aliphatic hydroxyl groups is 1. The monoisotopic (exact) mass is 284 g/mol. The molecule has 1 saturated heterocycles. The summed E-state index contributed by atoms with van der Waals surface area (Å²) in [6.07, 6.45) is 3.04. The van der Waals surface area contributed by atoms with Crippen molar-refractivity contribution in [1.29, 1.82) is 0 Å². The molecule has 0 radical (unpaired) electrons. The quantitative estimate of drug-likeness (QED) is 0.796. The zero-order valence-electron chi connectivity index (χ0n) is 10.8. The molecule has 0 bridgehead atoms. The maximum Gasteiger partial charge on any atom is 0.245 e. The van der Waals surface area contributed by atoms with Crippen LogP contribution in [0.15, 0.2) is 29.2 Å². The normalized spacial score (nSPS) is 20.8. The Bertz CT molecular complexity index is 530. The molecule has 106 valence electrons. The van der Waals surface area contributed by atoms with Gasteiger partial charge in [-0.3, -0.25) is 0 Å². The Morgan fingerprint density at radius 3 is 2.79 bits per heavy atom. The van der Waals surface area contributed by atoms with Crippen LogP contribution in [0.2, 0.25) is 0 Å². The number of anilines is 1. The average Bonchev–Trinajstić information content (AvgIpc) is 2.85. The van der Waals surface area contributed by atoms with Crippen LogP contribution in [0.3, 0.4) is 0 Å². The van der Waals surface area contributed by atoms with E-state index in [1.54, 1.807) is 24.3 Å². The number of sulfonamides is 1. The highest BCUT2D eigenvalue weighted by Crippen LogP contribution is 2.30. The van der Waals surface area contributed by atoms with Crippen LogP contribution in [0.25, 0.3) is 0 Å². The van der Waals surface area contributed by atoms with Crippen LogP contribution in [0.4, 0.5) is 5.69 Å². The Balaban J connectivity index is 2.26. The minimum Gasteiger partial charge on any atom is -0.398 e. The van der Waals surface area contributed by atoms with Crippen molar-refractivity contribution in [2.24, 2.45) is 0 Å². The Hall–Kier alpha value is -1.11. The van der Waals surface area contributed by atoms with Crippen molar-refractivity contribution in [3.8, 4) is 0 Å². The molecule has 6 heteroatoms. The lowest BCUT2D eigenvalue weighted by Gasteiger charge is -2.24. The van der Waals surface area contributed by atoms with Gasteiger partial charge < -0.3 is 10.8 Å². The molecule has 0 amide bonds. The number of hydrogen-bond acceptors (Lipinski definition) is 4. The summed E-state index contributed by atoms with van der Waals surface area (Å²) >= 11 is 0. The van der Waals surface area contributed by atoms with Gasteiger partial charge in [0, 0.05) is 19.2 Å². The highest BCUT2D eigenvalue weighted by molar-refractivity contribution is 7.89. The second-order valence-corrected chi connectivity index (χ2v) is 6.67. The number of rotatable bonds is 5. The summed E-state index contributed by atoms with van der Waals surface area (Å²) in [5.41, 5.74) is 6.06. The van der Waals surface area contributed by atoms with Crippen LogP contribution in [0, 0.1) is 0 Å². The van der Waals surface area contributed by atoms with Crippen LogP contribution in [0.1, 0.15) is 25.7 Å². The summed E-state index contributed by atoms with van der Waals surface area (Å²) in [5, 5.41) is 8.89. The molecular weight excluding hydrogens is 264 g/mol. The van der Waals surface area contributed by atoms with Crippen LogP contribution < -0.4 is 5.73 Å². The van der Waals surface area contributed by atoms with E-state index in [2.05, 4.69) is 0 Å². The molecule has 1 aliphatic heterocycles. The van der Waals surface area contributed by atoms with Gasteiger partial charge in [-0.2, -0.15) is 4.31 Å². The highest BCUT2D eigenvalue weighted by atomic mass is 32.2. The SMILES string of the molecule is Nc1ccccc1S(=O)(=O)N1CCCC1CCCO. The van der Waals surface area contributed by atoms with Gasteiger partial charge in [-0.15, -0.1) is 0 Å². The Morgan fingerprint density at radius 2 is 2.11 bits per heavy atom. The topological polar surface area (TPSA) is 83.6 Å². The van der Waals surface area contributed by atoms with Gasteiger partial charge in [0.2, 0.25) is 10.0 Å². The van der Waals surface area contributed by atoms with E-state index in [0.717, 1.165) is 12.8 Å². The molecule has 1 atom stereocenters. The number of hydrogen-bond donors (Lipinski definition) is 2. The van der Waals surface area contributed by atoms with E-state index >= 15 is 0 Å². The molecule has 0 aromatic heterocycles. The molecule has 1 unspecified atom stereocenters. The lowest BCUT2D eigenvalue weighted by molar-refractivity contribution is 0.264. The number of para-hydroxylation sites is 1. The van der Waals surface area contributed by atoms with Crippen molar-refractivity contribution in [1.82, 2.24) is 4.31 Å². The first-order valence-corrected chi connectivity index (χ1v) is 7.98. The van der Waals surface area contributed by atoms with Gasteiger partial charge in [-0.25, -0.2) is 8.42 Å². The van der Waals surface area contributed by atoms with Crippen LogP contribution in [-0.2, 0) is 10.0 Å². The van der Waals surface area contributed by atoms with Crippen molar-refractivity contribution in [2.45, 2.75) is 36.6 Å². The first-order chi connectivity index (χ1) is 9.07. The number of benzene rings is 1. The van der Waals surface area contributed by atoms with Crippen LogP contribution >= 0.6 is 0 Å². The maximum atomic E-state index is 12.6. The summed E-state index contributed by atoms with van der Waals surface area (Å²) in [5.74, 6) is 0. The predicted octanol–water partition coefficient (Wildman–Crippen LogP) is 1.19. The summed E-state index contributed by atoms with van der Waals surface area (Å²) in [7, 11) is -3.52. The van der Waals surface area contributed by atoms with Crippen molar-refractivity contribution in [3.63, 3.8) is 0 Å². The van der Waals surface area contributed by atoms with E-state index in [1.165, 1.54) is 4.31 Å². The molecule has 1 heterocycles. The highest BCUT2D eigenvalue weighted by Gasteiger charge is 2.35. The number of nitrogens with zero attached hydrogens (tertiary/aromatic N) is 1. The van der Waals surface area contributed by atoms with Crippen molar-refractivity contribution >= 4 is 15.7 Å². The molecule has 0 aliphatic carbocycles. The van der Waals surface area contributed by atoms with E-state index in [9.17, 15) is 8.42 Å². The minimum absolute atomic E-state index is 0.0169. The molecular formula is C13H20N2O3S. The Labute approximate surface area is 114 Å². The fourth-order valence-corrected chi connectivity index (χ4v) is 4.42. The Morgan fingerprint density at radius 1 is 1.37 bits per heavy atom. The maximum absolute atomic E-state index is 12.6. The molecule has 19 heavy (non-hydrogen) atoms. The smallest absolute Gasteiger partial charge is 0.245 e. The summed E-state index contributed by atoms with van der Waals surface area (Å²) in [4.78, 5) is 0.186. The fourth-order valence-electron chi connectivity index (χ4n) is 2.58. The molecule has 1 aromatic carbocycles. The van der Waals surface area contributed by atoms with Gasteiger partial charge in [-0.1, -0.05) is 12.1 Å². The molecule has 2 rings (SSSR count). The molecule has 0 spiro atoms. The van der Waals surface area contributed by atoms with E-state index < -0.39 is 10.0 Å². The van der Waals surface area contributed by atoms with Crippen molar-refractivity contribution < 1.29 is 13.5 Å². The lowest BCUT2D eigenvalue weighted by atomic mass is 10.1. The van der Waals surface area contributed by atoms with E-state index in [0.29, 0.717) is 19.4 Å². The van der Waals surface area contributed by atoms with Crippen LogP contribution in [0.5, 0.6) is 0 Å². The second-order valence-electron chi connectivity index (χ2n) is 4.82. The first kappa shape index (κ1) is 14.3. The van der Waals surface area contributed by atoms with E-state index in [-0.39, 0.29) is 23.2 Å². The van der Waals surface area contributed by atoms with E-state index in [1.807, 2.05) is 0 Å². The molecule has 0 saturated carbocycles. The fraction of sp³-hybridized carbons (Fsp3) is 0.538. The standard InChI is InChI=1S/C13H20N2O3S/c14-12-7-1-2-8-13(12)19(17,18)15-9-3-5-11(15)6-4-10-16/h1-2,7-8,11,16H,3-6,9-10,14H2. The zero-order valence-corrected chi connectivity index (χ0v) is 11.6. The number of aliphatic hydroxyl groups excluding tert-OH is 1. The van der Waals surface area contributed by atoms with Gasteiger partial charge >= 0.3 is 0 Å². The second kappa shape index (κ2) is 5.90. The molecule has 5 nitrogen and oxygen atoms in total. The average molecular weight is 284 g/mol. The van der Waals surface area contributed by atoms with Gasteiger partial charge in [0.25, 0.3) is 0 Å². The summed E-state index contributed by atoms with van der Waals surface area (Å²) in [6.45, 7) is 0.630. The molecule has 3 N–H and O–H groups in total. The van der Waals surface area contributed by atoms with Crippen molar-refractivity contribution in [3.05, 3.63) is 24.3 Å². The molecule has 1 fully saturated rings. The third-order valence-electron chi connectivity index (χ3n) is 3.52. The summed E-state index contributed by atoms with van der Waals surface area (Å²) in [6, 6.07) is 6.54. The number of nitrogen functional groups attached to an aromatic ring is 1. The zero-order chi connectivity index (χ0) is 13.9. The van der Waals surface area contributed by atoms with Gasteiger partial charge in [-0.05, 0) is 37.8 Å². The third-order valence-corrected chi connectivity index (χ3v) is 5.55. The molecule has 1 aromatic rings. The van der Waals surface area contributed by atoms with Crippen LogP contribution in [-0.4, -0.2) is 37.0 Å². The molecule has 1 aliphatic rings. The van der Waals surface area contributed by atoms with Crippen molar-refractivity contribution in [2.75, 3.05) is 18.9 Å².